The molecule has 2 unspecified atom stereocenters. The second-order valence-electron chi connectivity index (χ2n) is 4.56. The van der Waals surface area contributed by atoms with E-state index < -0.39 is 0 Å². The number of ether oxygens (including phenoxy) is 2. The molecule has 4 heteroatoms. The molecule has 1 fully saturated rings. The zero-order valence-corrected chi connectivity index (χ0v) is 10.8. The number of methoxy groups -OCH3 is 1. The molecule has 0 spiro atoms. The number of benzene rings is 1. The van der Waals surface area contributed by atoms with Crippen molar-refractivity contribution in [1.29, 1.82) is 0 Å². The SMILES string of the molecule is COC(=O)c1ccccc1NCC1CCC(C)O1. The Morgan fingerprint density at radius 2 is 2.22 bits per heavy atom. The van der Waals surface area contributed by atoms with Crippen LogP contribution in [0.2, 0.25) is 0 Å². The molecule has 1 aliphatic heterocycles. The molecule has 0 aliphatic carbocycles. The predicted octanol–water partition coefficient (Wildman–Crippen LogP) is 2.45. The Kier molecular flexibility index (Phi) is 4.20. The van der Waals surface area contributed by atoms with Gasteiger partial charge in [0.2, 0.25) is 0 Å². The van der Waals surface area contributed by atoms with E-state index in [-0.39, 0.29) is 12.1 Å². The van der Waals surface area contributed by atoms with Crippen LogP contribution in [0.3, 0.4) is 0 Å². The lowest BCUT2D eigenvalue weighted by molar-refractivity contribution is 0.0597. The number of anilines is 1. The molecule has 1 aliphatic rings. The summed E-state index contributed by atoms with van der Waals surface area (Å²) in [5.74, 6) is -0.321. The summed E-state index contributed by atoms with van der Waals surface area (Å²) in [5, 5.41) is 3.27. The Hall–Kier alpha value is -1.55. The molecular weight excluding hydrogens is 230 g/mol. The van der Waals surface area contributed by atoms with Gasteiger partial charge in [-0.1, -0.05) is 12.1 Å². The van der Waals surface area contributed by atoms with Gasteiger partial charge in [-0.2, -0.15) is 0 Å². The van der Waals surface area contributed by atoms with Crippen LogP contribution in [0, 0.1) is 0 Å². The number of carbonyl (C=O) groups is 1. The largest absolute Gasteiger partial charge is 0.465 e. The quantitative estimate of drug-likeness (QED) is 0.833. The summed E-state index contributed by atoms with van der Waals surface area (Å²) >= 11 is 0. The second-order valence-corrected chi connectivity index (χ2v) is 4.56. The Balaban J connectivity index is 1.98. The highest BCUT2D eigenvalue weighted by Gasteiger charge is 2.21. The van der Waals surface area contributed by atoms with Gasteiger partial charge >= 0.3 is 5.97 Å². The highest BCUT2D eigenvalue weighted by atomic mass is 16.5. The van der Waals surface area contributed by atoms with E-state index in [4.69, 9.17) is 9.47 Å². The second kappa shape index (κ2) is 5.87. The molecule has 1 heterocycles. The predicted molar refractivity (Wildman–Crippen MR) is 69.8 cm³/mol. The van der Waals surface area contributed by atoms with Crippen LogP contribution in [-0.4, -0.2) is 31.8 Å². The molecule has 0 saturated carbocycles. The molecule has 0 amide bonds. The standard InChI is InChI=1S/C14H19NO3/c1-10-7-8-11(18-10)9-15-13-6-4-3-5-12(13)14(16)17-2/h3-6,10-11,15H,7-9H2,1-2H3. The summed E-state index contributed by atoms with van der Waals surface area (Å²) < 4.78 is 10.5. The van der Waals surface area contributed by atoms with E-state index in [2.05, 4.69) is 12.2 Å². The van der Waals surface area contributed by atoms with Crippen LogP contribution in [0.5, 0.6) is 0 Å². The smallest absolute Gasteiger partial charge is 0.339 e. The van der Waals surface area contributed by atoms with Crippen molar-refractivity contribution in [2.75, 3.05) is 19.0 Å². The first-order valence-electron chi connectivity index (χ1n) is 6.27. The van der Waals surface area contributed by atoms with Crippen molar-refractivity contribution in [2.24, 2.45) is 0 Å². The van der Waals surface area contributed by atoms with E-state index in [9.17, 15) is 4.79 Å². The number of hydrogen-bond donors (Lipinski definition) is 1. The minimum atomic E-state index is -0.321. The molecule has 4 nitrogen and oxygen atoms in total. The van der Waals surface area contributed by atoms with Crippen molar-refractivity contribution < 1.29 is 14.3 Å². The van der Waals surface area contributed by atoms with Gasteiger partial charge in [0.1, 0.15) is 0 Å². The van der Waals surface area contributed by atoms with Crippen molar-refractivity contribution >= 4 is 11.7 Å². The third kappa shape index (κ3) is 3.01. The third-order valence-corrected chi connectivity index (χ3v) is 3.17. The van der Waals surface area contributed by atoms with Gasteiger partial charge in [0.15, 0.2) is 0 Å². The minimum Gasteiger partial charge on any atom is -0.465 e. The lowest BCUT2D eigenvalue weighted by atomic mass is 10.1. The van der Waals surface area contributed by atoms with Crippen molar-refractivity contribution in [2.45, 2.75) is 32.0 Å². The molecule has 0 aromatic heterocycles. The first-order valence-corrected chi connectivity index (χ1v) is 6.27. The van der Waals surface area contributed by atoms with Crippen LogP contribution in [0.1, 0.15) is 30.1 Å². The summed E-state index contributed by atoms with van der Waals surface area (Å²) in [4.78, 5) is 11.6. The first-order chi connectivity index (χ1) is 8.70. The van der Waals surface area contributed by atoms with Crippen LogP contribution in [0.4, 0.5) is 5.69 Å². The Bertz CT molecular complexity index is 419. The molecule has 1 aromatic rings. The van der Waals surface area contributed by atoms with Crippen LogP contribution in [0.15, 0.2) is 24.3 Å². The van der Waals surface area contributed by atoms with Crippen molar-refractivity contribution in [3.8, 4) is 0 Å². The third-order valence-electron chi connectivity index (χ3n) is 3.17. The number of para-hydroxylation sites is 1. The van der Waals surface area contributed by atoms with Crippen LogP contribution >= 0.6 is 0 Å². The van der Waals surface area contributed by atoms with Gasteiger partial charge in [0.05, 0.1) is 24.9 Å². The normalized spacial score (nSPS) is 22.8. The summed E-state index contributed by atoms with van der Waals surface area (Å²) in [6, 6.07) is 7.36. The van der Waals surface area contributed by atoms with Gasteiger partial charge in [-0.05, 0) is 31.9 Å². The van der Waals surface area contributed by atoms with Gasteiger partial charge in [0, 0.05) is 12.2 Å². The highest BCUT2D eigenvalue weighted by molar-refractivity contribution is 5.95. The summed E-state index contributed by atoms with van der Waals surface area (Å²) in [7, 11) is 1.39. The lowest BCUT2D eigenvalue weighted by Crippen LogP contribution is -2.21. The van der Waals surface area contributed by atoms with Crippen LogP contribution in [-0.2, 0) is 9.47 Å². The summed E-state index contributed by atoms with van der Waals surface area (Å²) in [5.41, 5.74) is 1.36. The molecule has 0 radical (unpaired) electrons. The highest BCUT2D eigenvalue weighted by Crippen LogP contribution is 2.21. The average molecular weight is 249 g/mol. The average Bonchev–Trinajstić information content (AvgIpc) is 2.81. The Morgan fingerprint density at radius 1 is 1.44 bits per heavy atom. The van der Waals surface area contributed by atoms with Crippen molar-refractivity contribution in [3.05, 3.63) is 29.8 Å². The monoisotopic (exact) mass is 249 g/mol. The zero-order chi connectivity index (χ0) is 13.0. The maximum absolute atomic E-state index is 11.6. The molecule has 18 heavy (non-hydrogen) atoms. The van der Waals surface area contributed by atoms with E-state index >= 15 is 0 Å². The Morgan fingerprint density at radius 3 is 2.89 bits per heavy atom. The molecule has 1 aromatic carbocycles. The van der Waals surface area contributed by atoms with Crippen LogP contribution in [0.25, 0.3) is 0 Å². The van der Waals surface area contributed by atoms with E-state index in [1.54, 1.807) is 6.07 Å². The number of esters is 1. The van der Waals surface area contributed by atoms with E-state index in [1.807, 2.05) is 18.2 Å². The molecule has 0 bridgehead atoms. The maximum Gasteiger partial charge on any atom is 0.339 e. The van der Waals surface area contributed by atoms with Gasteiger partial charge in [0.25, 0.3) is 0 Å². The minimum absolute atomic E-state index is 0.228. The molecule has 98 valence electrons. The fourth-order valence-electron chi connectivity index (χ4n) is 2.18. The first kappa shape index (κ1) is 12.9. The molecule has 1 N–H and O–H groups in total. The van der Waals surface area contributed by atoms with Crippen molar-refractivity contribution in [3.63, 3.8) is 0 Å². The molecular formula is C14H19NO3. The number of carbonyl (C=O) groups excluding carboxylic acids is 1. The van der Waals surface area contributed by atoms with Gasteiger partial charge < -0.3 is 14.8 Å². The fraction of sp³-hybridized carbons (Fsp3) is 0.500. The van der Waals surface area contributed by atoms with Crippen LogP contribution < -0.4 is 5.32 Å². The van der Waals surface area contributed by atoms with E-state index in [1.165, 1.54) is 7.11 Å². The Labute approximate surface area is 107 Å². The fourth-order valence-corrected chi connectivity index (χ4v) is 2.18. The zero-order valence-electron chi connectivity index (χ0n) is 10.8. The lowest BCUT2D eigenvalue weighted by Gasteiger charge is -2.15. The summed E-state index contributed by atoms with van der Waals surface area (Å²) in [6.45, 7) is 2.81. The van der Waals surface area contributed by atoms with E-state index in [0.29, 0.717) is 11.7 Å². The van der Waals surface area contributed by atoms with Gasteiger partial charge in [-0.25, -0.2) is 4.79 Å². The topological polar surface area (TPSA) is 47.6 Å². The number of hydrogen-bond acceptors (Lipinski definition) is 4. The van der Waals surface area contributed by atoms with Gasteiger partial charge in [-0.15, -0.1) is 0 Å². The summed E-state index contributed by atoms with van der Waals surface area (Å²) in [6.07, 6.45) is 2.73. The molecule has 2 atom stereocenters. The molecule has 1 saturated heterocycles. The van der Waals surface area contributed by atoms with Crippen molar-refractivity contribution in [1.82, 2.24) is 0 Å². The van der Waals surface area contributed by atoms with Gasteiger partial charge in [-0.3, -0.25) is 0 Å². The molecule has 2 rings (SSSR count). The number of nitrogens with one attached hydrogen (secondary N) is 1. The maximum atomic E-state index is 11.6. The number of rotatable bonds is 4. The van der Waals surface area contributed by atoms with E-state index in [0.717, 1.165) is 25.1 Å².